The highest BCUT2D eigenvalue weighted by atomic mass is 16.6. The van der Waals surface area contributed by atoms with Gasteiger partial charge in [-0.25, -0.2) is 4.79 Å². The van der Waals surface area contributed by atoms with Crippen molar-refractivity contribution in [2.45, 2.75) is 12.2 Å². The molecule has 0 bridgehead atoms. The molecule has 0 aliphatic carbocycles. The molecule has 3 aromatic rings. The topological polar surface area (TPSA) is 44.8 Å². The van der Waals surface area contributed by atoms with E-state index in [1.54, 1.807) is 7.11 Å². The summed E-state index contributed by atoms with van der Waals surface area (Å²) in [6.45, 7) is 0.146. The van der Waals surface area contributed by atoms with Crippen molar-refractivity contribution in [3.63, 3.8) is 0 Å². The Morgan fingerprint density at radius 1 is 0.778 bits per heavy atom. The van der Waals surface area contributed by atoms with Gasteiger partial charge in [0.15, 0.2) is 0 Å². The molecular formula is C23H22O4. The van der Waals surface area contributed by atoms with Crippen LogP contribution < -0.4 is 4.74 Å². The molecule has 0 aromatic heterocycles. The van der Waals surface area contributed by atoms with Crippen LogP contribution in [-0.2, 0) is 26.5 Å². The number of methoxy groups -OCH3 is 2. The van der Waals surface area contributed by atoms with Gasteiger partial charge in [0.1, 0.15) is 12.4 Å². The number of hydrogen-bond donors (Lipinski definition) is 0. The molecule has 27 heavy (non-hydrogen) atoms. The Balaban J connectivity index is 1.91. The van der Waals surface area contributed by atoms with Gasteiger partial charge < -0.3 is 14.2 Å². The van der Waals surface area contributed by atoms with Gasteiger partial charge in [0.2, 0.25) is 5.60 Å². The van der Waals surface area contributed by atoms with Gasteiger partial charge in [-0.2, -0.15) is 0 Å². The van der Waals surface area contributed by atoms with Crippen molar-refractivity contribution < 1.29 is 19.0 Å². The molecule has 0 amide bonds. The summed E-state index contributed by atoms with van der Waals surface area (Å²) in [7, 11) is 3.14. The minimum Gasteiger partial charge on any atom is -0.497 e. The van der Waals surface area contributed by atoms with E-state index in [0.717, 1.165) is 22.4 Å². The smallest absolute Gasteiger partial charge is 0.348 e. The lowest BCUT2D eigenvalue weighted by Gasteiger charge is -2.31. The van der Waals surface area contributed by atoms with Gasteiger partial charge in [0.05, 0.1) is 7.11 Å². The minimum absolute atomic E-state index is 0.146. The van der Waals surface area contributed by atoms with Crippen LogP contribution in [0.1, 0.15) is 16.7 Å². The molecule has 0 spiro atoms. The normalized spacial score (nSPS) is 11.0. The first-order chi connectivity index (χ1) is 13.2. The van der Waals surface area contributed by atoms with Gasteiger partial charge in [0.25, 0.3) is 0 Å². The van der Waals surface area contributed by atoms with E-state index in [9.17, 15) is 4.79 Å². The van der Waals surface area contributed by atoms with Crippen molar-refractivity contribution in [2.75, 3.05) is 14.2 Å². The molecule has 0 unspecified atom stereocenters. The Hall–Kier alpha value is -3.11. The molecule has 4 nitrogen and oxygen atoms in total. The second-order valence-corrected chi connectivity index (χ2v) is 6.04. The zero-order valence-corrected chi connectivity index (χ0v) is 15.4. The number of esters is 1. The maximum Gasteiger partial charge on any atom is 0.348 e. The number of rotatable bonds is 7. The molecule has 0 radical (unpaired) electrons. The van der Waals surface area contributed by atoms with Crippen molar-refractivity contribution in [3.05, 3.63) is 102 Å². The number of carbonyl (C=O) groups excluding carboxylic acids is 1. The summed E-state index contributed by atoms with van der Waals surface area (Å²) in [5.41, 5.74) is 0.988. The highest BCUT2D eigenvalue weighted by molar-refractivity contribution is 5.85. The van der Waals surface area contributed by atoms with Crippen LogP contribution in [0.2, 0.25) is 0 Å². The van der Waals surface area contributed by atoms with E-state index < -0.39 is 11.6 Å². The van der Waals surface area contributed by atoms with Crippen LogP contribution >= 0.6 is 0 Å². The Labute approximate surface area is 159 Å². The number of carbonyl (C=O) groups is 1. The van der Waals surface area contributed by atoms with Gasteiger partial charge in [-0.05, 0) is 28.8 Å². The minimum atomic E-state index is -1.32. The summed E-state index contributed by atoms with van der Waals surface area (Å²) < 4.78 is 16.6. The standard InChI is InChI=1S/C23H22O4/c1-25-21-15-13-18(14-16-21)17-27-22(24)23(26-2,19-9-5-3-6-10-19)20-11-7-4-8-12-20/h3-16H,17H2,1-2H3. The lowest BCUT2D eigenvalue weighted by atomic mass is 9.86. The fraction of sp³-hybridized carbons (Fsp3) is 0.174. The summed E-state index contributed by atoms with van der Waals surface area (Å²) in [6.07, 6.45) is 0. The van der Waals surface area contributed by atoms with Crippen LogP contribution in [0.3, 0.4) is 0 Å². The van der Waals surface area contributed by atoms with Crippen LogP contribution in [0.5, 0.6) is 5.75 Å². The van der Waals surface area contributed by atoms with E-state index in [4.69, 9.17) is 14.2 Å². The summed E-state index contributed by atoms with van der Waals surface area (Å²) in [5.74, 6) is 0.295. The summed E-state index contributed by atoms with van der Waals surface area (Å²) in [4.78, 5) is 13.2. The monoisotopic (exact) mass is 362 g/mol. The van der Waals surface area contributed by atoms with Crippen molar-refractivity contribution in [1.82, 2.24) is 0 Å². The molecule has 0 atom stereocenters. The molecule has 0 heterocycles. The van der Waals surface area contributed by atoms with Crippen LogP contribution in [0.15, 0.2) is 84.9 Å². The van der Waals surface area contributed by atoms with E-state index in [0.29, 0.717) is 0 Å². The second kappa shape index (κ2) is 8.52. The fourth-order valence-electron chi connectivity index (χ4n) is 3.04. The van der Waals surface area contributed by atoms with E-state index in [2.05, 4.69) is 0 Å². The Bertz CT molecular complexity index is 818. The van der Waals surface area contributed by atoms with Gasteiger partial charge >= 0.3 is 5.97 Å². The lowest BCUT2D eigenvalue weighted by Crippen LogP contribution is -2.40. The molecule has 0 saturated heterocycles. The third-order valence-electron chi connectivity index (χ3n) is 4.48. The Morgan fingerprint density at radius 2 is 1.30 bits per heavy atom. The average molecular weight is 362 g/mol. The molecule has 0 aliphatic rings. The SMILES string of the molecule is COc1ccc(COC(=O)C(OC)(c2ccccc2)c2ccccc2)cc1. The first kappa shape index (κ1) is 18.7. The quantitative estimate of drug-likeness (QED) is 0.587. The predicted molar refractivity (Wildman–Crippen MR) is 103 cm³/mol. The van der Waals surface area contributed by atoms with Gasteiger partial charge in [0, 0.05) is 7.11 Å². The maximum atomic E-state index is 13.2. The largest absolute Gasteiger partial charge is 0.497 e. The zero-order valence-electron chi connectivity index (χ0n) is 15.4. The first-order valence-corrected chi connectivity index (χ1v) is 8.67. The van der Waals surface area contributed by atoms with Gasteiger partial charge in [-0.3, -0.25) is 0 Å². The van der Waals surface area contributed by atoms with Crippen LogP contribution in [0.4, 0.5) is 0 Å². The highest BCUT2D eigenvalue weighted by Crippen LogP contribution is 2.35. The molecule has 0 N–H and O–H groups in total. The molecule has 138 valence electrons. The van der Waals surface area contributed by atoms with Crippen molar-refractivity contribution >= 4 is 5.97 Å². The fourth-order valence-corrected chi connectivity index (χ4v) is 3.04. The molecule has 4 heteroatoms. The maximum absolute atomic E-state index is 13.2. The number of hydrogen-bond acceptors (Lipinski definition) is 4. The number of ether oxygens (including phenoxy) is 3. The van der Waals surface area contributed by atoms with Crippen LogP contribution in [-0.4, -0.2) is 20.2 Å². The average Bonchev–Trinajstić information content (AvgIpc) is 2.75. The predicted octanol–water partition coefficient (Wildman–Crippen LogP) is 4.33. The molecule has 3 rings (SSSR count). The van der Waals surface area contributed by atoms with E-state index in [-0.39, 0.29) is 6.61 Å². The Morgan fingerprint density at radius 3 is 1.74 bits per heavy atom. The van der Waals surface area contributed by atoms with Crippen molar-refractivity contribution in [1.29, 1.82) is 0 Å². The highest BCUT2D eigenvalue weighted by Gasteiger charge is 2.44. The second-order valence-electron chi connectivity index (χ2n) is 6.04. The van der Waals surface area contributed by atoms with E-state index >= 15 is 0 Å². The van der Waals surface area contributed by atoms with Gasteiger partial charge in [-0.15, -0.1) is 0 Å². The molecule has 0 saturated carbocycles. The lowest BCUT2D eigenvalue weighted by molar-refractivity contribution is -0.166. The Kier molecular flexibility index (Phi) is 5.89. The molecular weight excluding hydrogens is 340 g/mol. The van der Waals surface area contributed by atoms with Crippen molar-refractivity contribution in [2.24, 2.45) is 0 Å². The molecule has 3 aromatic carbocycles. The summed E-state index contributed by atoms with van der Waals surface area (Å²) >= 11 is 0. The number of benzene rings is 3. The first-order valence-electron chi connectivity index (χ1n) is 8.67. The van der Waals surface area contributed by atoms with Gasteiger partial charge in [-0.1, -0.05) is 72.8 Å². The van der Waals surface area contributed by atoms with E-state index in [1.165, 1.54) is 7.11 Å². The van der Waals surface area contributed by atoms with E-state index in [1.807, 2.05) is 84.9 Å². The summed E-state index contributed by atoms with van der Waals surface area (Å²) in [6, 6.07) is 26.2. The van der Waals surface area contributed by atoms with Crippen LogP contribution in [0, 0.1) is 0 Å². The zero-order chi connectivity index (χ0) is 19.1. The third-order valence-corrected chi connectivity index (χ3v) is 4.48. The third kappa shape index (κ3) is 3.86. The molecule has 0 aliphatic heterocycles. The summed E-state index contributed by atoms with van der Waals surface area (Å²) in [5, 5.41) is 0. The molecule has 0 fully saturated rings. The van der Waals surface area contributed by atoms with Crippen LogP contribution in [0.25, 0.3) is 0 Å². The van der Waals surface area contributed by atoms with Crippen molar-refractivity contribution in [3.8, 4) is 5.75 Å².